The molecule has 0 bridgehead atoms. The molecule has 96 valence electrons. The van der Waals surface area contributed by atoms with Gasteiger partial charge in [-0.1, -0.05) is 20.8 Å². The molecule has 16 heavy (non-hydrogen) atoms. The van der Waals surface area contributed by atoms with Crippen molar-refractivity contribution in [3.8, 4) is 0 Å². The standard InChI is InChI=1S/C14H30N2/c1-5-15-13(2)8-6-10-16-11-7-9-14(3,4)12-16/h13,15H,5-12H2,1-4H3. The summed E-state index contributed by atoms with van der Waals surface area (Å²) in [4.78, 5) is 2.65. The molecule has 1 atom stereocenters. The molecule has 0 aromatic carbocycles. The highest BCUT2D eigenvalue weighted by molar-refractivity contribution is 4.79. The van der Waals surface area contributed by atoms with Gasteiger partial charge in [0.2, 0.25) is 0 Å². The van der Waals surface area contributed by atoms with Crippen molar-refractivity contribution >= 4 is 0 Å². The fourth-order valence-electron chi connectivity index (χ4n) is 2.81. The molecule has 1 saturated heterocycles. The Morgan fingerprint density at radius 1 is 1.38 bits per heavy atom. The van der Waals surface area contributed by atoms with Crippen molar-refractivity contribution in [2.24, 2.45) is 5.41 Å². The van der Waals surface area contributed by atoms with Crippen LogP contribution in [-0.2, 0) is 0 Å². The zero-order valence-electron chi connectivity index (χ0n) is 11.7. The van der Waals surface area contributed by atoms with Crippen LogP contribution in [0.1, 0.15) is 53.4 Å². The van der Waals surface area contributed by atoms with Crippen LogP contribution in [-0.4, -0.2) is 37.1 Å². The molecule has 1 heterocycles. The van der Waals surface area contributed by atoms with E-state index in [4.69, 9.17) is 0 Å². The topological polar surface area (TPSA) is 15.3 Å². The van der Waals surface area contributed by atoms with E-state index in [1.54, 1.807) is 0 Å². The van der Waals surface area contributed by atoms with Crippen molar-refractivity contribution < 1.29 is 0 Å². The average Bonchev–Trinajstić information content (AvgIpc) is 2.16. The maximum atomic E-state index is 3.48. The van der Waals surface area contributed by atoms with Gasteiger partial charge in [-0.2, -0.15) is 0 Å². The highest BCUT2D eigenvalue weighted by atomic mass is 15.1. The van der Waals surface area contributed by atoms with E-state index in [1.807, 2.05) is 0 Å². The molecule has 0 aliphatic carbocycles. The fraction of sp³-hybridized carbons (Fsp3) is 1.00. The molecular weight excluding hydrogens is 196 g/mol. The van der Waals surface area contributed by atoms with Gasteiger partial charge < -0.3 is 10.2 Å². The highest BCUT2D eigenvalue weighted by Gasteiger charge is 2.25. The summed E-state index contributed by atoms with van der Waals surface area (Å²) in [5.41, 5.74) is 0.547. The number of nitrogens with one attached hydrogen (secondary N) is 1. The van der Waals surface area contributed by atoms with E-state index in [0.717, 1.165) is 6.54 Å². The molecule has 1 unspecified atom stereocenters. The first-order valence-electron chi connectivity index (χ1n) is 6.99. The second-order valence-electron chi connectivity index (χ2n) is 6.14. The van der Waals surface area contributed by atoms with Gasteiger partial charge in [0.05, 0.1) is 0 Å². The van der Waals surface area contributed by atoms with Gasteiger partial charge in [-0.25, -0.2) is 0 Å². The minimum atomic E-state index is 0.547. The molecular formula is C14H30N2. The van der Waals surface area contributed by atoms with Crippen molar-refractivity contribution in [1.29, 1.82) is 0 Å². The second kappa shape index (κ2) is 6.61. The zero-order valence-corrected chi connectivity index (χ0v) is 11.7. The van der Waals surface area contributed by atoms with Crippen LogP contribution >= 0.6 is 0 Å². The van der Waals surface area contributed by atoms with E-state index in [9.17, 15) is 0 Å². The molecule has 2 nitrogen and oxygen atoms in total. The minimum Gasteiger partial charge on any atom is -0.315 e. The van der Waals surface area contributed by atoms with Crippen molar-refractivity contribution in [3.63, 3.8) is 0 Å². The first-order valence-corrected chi connectivity index (χ1v) is 6.99. The van der Waals surface area contributed by atoms with Crippen molar-refractivity contribution in [1.82, 2.24) is 10.2 Å². The van der Waals surface area contributed by atoms with Crippen molar-refractivity contribution in [2.45, 2.75) is 59.4 Å². The van der Waals surface area contributed by atoms with Crippen molar-refractivity contribution in [2.75, 3.05) is 26.2 Å². The summed E-state index contributed by atoms with van der Waals surface area (Å²) < 4.78 is 0. The SMILES string of the molecule is CCNC(C)CCCN1CCCC(C)(C)C1. The monoisotopic (exact) mass is 226 g/mol. The fourth-order valence-corrected chi connectivity index (χ4v) is 2.81. The van der Waals surface area contributed by atoms with Crippen LogP contribution < -0.4 is 5.32 Å². The van der Waals surface area contributed by atoms with E-state index in [2.05, 4.69) is 37.9 Å². The van der Waals surface area contributed by atoms with Crippen LogP contribution in [0.5, 0.6) is 0 Å². The van der Waals surface area contributed by atoms with E-state index < -0.39 is 0 Å². The molecule has 0 aromatic rings. The summed E-state index contributed by atoms with van der Waals surface area (Å²) in [5.74, 6) is 0. The lowest BCUT2D eigenvalue weighted by molar-refractivity contribution is 0.115. The lowest BCUT2D eigenvalue weighted by atomic mass is 9.84. The third kappa shape index (κ3) is 5.31. The zero-order chi connectivity index (χ0) is 12.0. The van der Waals surface area contributed by atoms with Crippen LogP contribution in [0.3, 0.4) is 0 Å². The quantitative estimate of drug-likeness (QED) is 0.749. The lowest BCUT2D eigenvalue weighted by Crippen LogP contribution is -2.40. The Hall–Kier alpha value is -0.0800. The van der Waals surface area contributed by atoms with E-state index in [-0.39, 0.29) is 0 Å². The summed E-state index contributed by atoms with van der Waals surface area (Å²) in [5, 5.41) is 3.48. The number of nitrogens with zero attached hydrogens (tertiary/aromatic N) is 1. The van der Waals surface area contributed by atoms with Crippen LogP contribution in [0.15, 0.2) is 0 Å². The predicted molar refractivity (Wildman–Crippen MR) is 71.8 cm³/mol. The normalized spacial score (nSPS) is 23.2. The molecule has 1 aliphatic rings. The maximum Gasteiger partial charge on any atom is 0.00390 e. The Morgan fingerprint density at radius 3 is 2.75 bits per heavy atom. The van der Waals surface area contributed by atoms with Gasteiger partial charge in [0, 0.05) is 12.6 Å². The van der Waals surface area contributed by atoms with Crippen LogP contribution in [0.25, 0.3) is 0 Å². The third-order valence-electron chi connectivity index (χ3n) is 3.64. The molecule has 0 radical (unpaired) electrons. The Kier molecular flexibility index (Phi) is 5.77. The summed E-state index contributed by atoms with van der Waals surface area (Å²) in [7, 11) is 0. The molecule has 1 N–H and O–H groups in total. The van der Waals surface area contributed by atoms with Gasteiger partial charge in [-0.3, -0.25) is 0 Å². The van der Waals surface area contributed by atoms with E-state index >= 15 is 0 Å². The molecule has 0 spiro atoms. The summed E-state index contributed by atoms with van der Waals surface area (Å²) in [6.07, 6.45) is 5.43. The Balaban J connectivity index is 2.13. The predicted octanol–water partition coefficient (Wildman–Crippen LogP) is 2.89. The van der Waals surface area contributed by atoms with Gasteiger partial charge >= 0.3 is 0 Å². The van der Waals surface area contributed by atoms with Crippen molar-refractivity contribution in [3.05, 3.63) is 0 Å². The van der Waals surface area contributed by atoms with Crippen LogP contribution in [0.4, 0.5) is 0 Å². The van der Waals surface area contributed by atoms with Gasteiger partial charge in [-0.05, 0) is 57.7 Å². The first kappa shape index (κ1) is 14.0. The number of rotatable bonds is 6. The largest absolute Gasteiger partial charge is 0.315 e. The number of piperidine rings is 1. The number of likely N-dealkylation sites (tertiary alicyclic amines) is 1. The smallest absolute Gasteiger partial charge is 0.00390 e. The summed E-state index contributed by atoms with van der Waals surface area (Å²) in [6, 6.07) is 0.683. The molecule has 1 aliphatic heterocycles. The average molecular weight is 226 g/mol. The number of hydrogen-bond donors (Lipinski definition) is 1. The molecule has 2 heteroatoms. The minimum absolute atomic E-state index is 0.547. The van der Waals surface area contributed by atoms with Gasteiger partial charge in [0.15, 0.2) is 0 Å². The maximum absolute atomic E-state index is 3.48. The Morgan fingerprint density at radius 2 is 2.12 bits per heavy atom. The van der Waals surface area contributed by atoms with E-state index in [1.165, 1.54) is 45.3 Å². The van der Waals surface area contributed by atoms with Crippen LogP contribution in [0.2, 0.25) is 0 Å². The van der Waals surface area contributed by atoms with Gasteiger partial charge in [0.1, 0.15) is 0 Å². The van der Waals surface area contributed by atoms with Crippen LogP contribution in [0, 0.1) is 5.41 Å². The Labute approximate surface area is 102 Å². The number of hydrogen-bond acceptors (Lipinski definition) is 2. The second-order valence-corrected chi connectivity index (χ2v) is 6.14. The third-order valence-corrected chi connectivity index (χ3v) is 3.64. The molecule has 1 rings (SSSR count). The molecule has 0 aromatic heterocycles. The molecule has 0 saturated carbocycles. The first-order chi connectivity index (χ1) is 7.53. The Bertz CT molecular complexity index is 189. The molecule has 1 fully saturated rings. The lowest BCUT2D eigenvalue weighted by Gasteiger charge is -2.38. The highest BCUT2D eigenvalue weighted by Crippen LogP contribution is 2.28. The van der Waals surface area contributed by atoms with E-state index in [0.29, 0.717) is 11.5 Å². The van der Waals surface area contributed by atoms with Gasteiger partial charge in [0.25, 0.3) is 0 Å². The summed E-state index contributed by atoms with van der Waals surface area (Å²) >= 11 is 0. The van der Waals surface area contributed by atoms with Gasteiger partial charge in [-0.15, -0.1) is 0 Å². The molecule has 0 amide bonds. The summed E-state index contributed by atoms with van der Waals surface area (Å²) in [6.45, 7) is 14.3.